The maximum absolute atomic E-state index is 13.4. The van der Waals surface area contributed by atoms with Crippen LogP contribution in [-0.2, 0) is 11.2 Å². The van der Waals surface area contributed by atoms with Crippen molar-refractivity contribution in [3.8, 4) is 5.75 Å². The lowest BCUT2D eigenvalue weighted by Gasteiger charge is -2.36. The van der Waals surface area contributed by atoms with E-state index in [1.165, 1.54) is 4.90 Å². The van der Waals surface area contributed by atoms with E-state index in [0.717, 1.165) is 46.3 Å². The van der Waals surface area contributed by atoms with Crippen LogP contribution in [0.1, 0.15) is 42.6 Å². The normalized spacial score (nSPS) is 20.6. The number of fused-ring (bicyclic) bond motifs is 4. The number of nitrogens with one attached hydrogen (secondary N) is 1. The zero-order chi connectivity index (χ0) is 20.8. The predicted molar refractivity (Wildman–Crippen MR) is 114 cm³/mol. The van der Waals surface area contributed by atoms with E-state index in [4.69, 9.17) is 4.74 Å². The summed E-state index contributed by atoms with van der Waals surface area (Å²) in [5, 5.41) is 1.12. The van der Waals surface area contributed by atoms with E-state index in [2.05, 4.69) is 18.0 Å². The highest BCUT2D eigenvalue weighted by molar-refractivity contribution is 6.05. The highest BCUT2D eigenvalue weighted by Crippen LogP contribution is 2.44. The van der Waals surface area contributed by atoms with Crippen LogP contribution in [0, 0.1) is 0 Å². The molecule has 0 radical (unpaired) electrons. The monoisotopic (exact) mass is 403 g/mol. The fourth-order valence-corrected chi connectivity index (χ4v) is 4.78. The number of hydrogen-bond acceptors (Lipinski definition) is 3. The van der Waals surface area contributed by atoms with Gasteiger partial charge in [0.1, 0.15) is 17.8 Å². The molecule has 3 aromatic rings. The lowest BCUT2D eigenvalue weighted by molar-refractivity contribution is -0.128. The molecule has 2 aliphatic heterocycles. The Hall–Kier alpha value is -3.28. The summed E-state index contributed by atoms with van der Waals surface area (Å²) in [7, 11) is 1.63. The van der Waals surface area contributed by atoms with Gasteiger partial charge in [-0.05, 0) is 35.7 Å². The molecule has 6 nitrogen and oxygen atoms in total. The molecule has 1 N–H and O–H groups in total. The van der Waals surface area contributed by atoms with Crippen molar-refractivity contribution in [3.05, 3.63) is 65.4 Å². The molecule has 2 aliphatic rings. The first-order valence-corrected chi connectivity index (χ1v) is 10.5. The minimum absolute atomic E-state index is 0.0807. The third kappa shape index (κ3) is 2.70. The maximum atomic E-state index is 13.4. The van der Waals surface area contributed by atoms with Crippen LogP contribution in [0.25, 0.3) is 10.9 Å². The first kappa shape index (κ1) is 18.7. The molecule has 1 fully saturated rings. The van der Waals surface area contributed by atoms with Crippen molar-refractivity contribution in [1.29, 1.82) is 0 Å². The van der Waals surface area contributed by atoms with Crippen LogP contribution in [-0.4, -0.2) is 46.4 Å². The number of methoxy groups -OCH3 is 1. The molecular formula is C24H25N3O3. The largest absolute Gasteiger partial charge is 0.497 e. The zero-order valence-electron chi connectivity index (χ0n) is 17.2. The van der Waals surface area contributed by atoms with Crippen LogP contribution in [0.3, 0.4) is 0 Å². The predicted octanol–water partition coefficient (Wildman–Crippen LogP) is 4.25. The van der Waals surface area contributed by atoms with Crippen molar-refractivity contribution < 1.29 is 14.3 Å². The average molecular weight is 403 g/mol. The minimum Gasteiger partial charge on any atom is -0.497 e. The number of aromatic nitrogens is 1. The highest BCUT2D eigenvalue weighted by atomic mass is 16.5. The first-order chi connectivity index (χ1) is 14.6. The zero-order valence-corrected chi connectivity index (χ0v) is 17.2. The van der Waals surface area contributed by atoms with E-state index in [0.29, 0.717) is 13.0 Å². The third-order valence-corrected chi connectivity index (χ3v) is 6.30. The molecule has 2 aromatic carbocycles. The SMILES string of the molecule is CCCCN1C(=O)C2Cc3c([nH]c4ccccc34)C(c3ccc(OC)cc3)N2C1=O. The van der Waals surface area contributed by atoms with Gasteiger partial charge in [0.2, 0.25) is 0 Å². The number of ether oxygens (including phenoxy) is 1. The fourth-order valence-electron chi connectivity index (χ4n) is 4.78. The summed E-state index contributed by atoms with van der Waals surface area (Å²) in [6.07, 6.45) is 2.30. The van der Waals surface area contributed by atoms with E-state index in [-0.39, 0.29) is 18.0 Å². The second kappa shape index (κ2) is 7.20. The summed E-state index contributed by atoms with van der Waals surface area (Å²) < 4.78 is 5.31. The number of imide groups is 1. The van der Waals surface area contributed by atoms with Crippen molar-refractivity contribution in [1.82, 2.24) is 14.8 Å². The third-order valence-electron chi connectivity index (χ3n) is 6.30. The summed E-state index contributed by atoms with van der Waals surface area (Å²) >= 11 is 0. The highest BCUT2D eigenvalue weighted by Gasteiger charge is 2.52. The van der Waals surface area contributed by atoms with Crippen LogP contribution in [0.15, 0.2) is 48.5 Å². The van der Waals surface area contributed by atoms with E-state index >= 15 is 0 Å². The quantitative estimate of drug-likeness (QED) is 0.648. The molecule has 2 atom stereocenters. The molecule has 6 heteroatoms. The molecule has 3 amide bonds. The second-order valence-electron chi connectivity index (χ2n) is 7.99. The first-order valence-electron chi connectivity index (χ1n) is 10.5. The van der Waals surface area contributed by atoms with Gasteiger partial charge in [-0.15, -0.1) is 0 Å². The molecule has 1 saturated heterocycles. The number of unbranched alkanes of at least 4 members (excludes halogenated alkanes) is 1. The Morgan fingerprint density at radius 2 is 1.87 bits per heavy atom. The van der Waals surface area contributed by atoms with Gasteiger partial charge in [0.15, 0.2) is 0 Å². The van der Waals surface area contributed by atoms with E-state index in [9.17, 15) is 9.59 Å². The standard InChI is InChI=1S/C24H25N3O3/c1-3-4-13-26-23(28)20-14-18-17-7-5-6-8-19(17)25-21(18)22(27(20)24(26)29)15-9-11-16(30-2)12-10-15/h5-12,20,22,25H,3-4,13-14H2,1-2H3. The van der Waals surface area contributed by atoms with Crippen molar-refractivity contribution in [2.24, 2.45) is 0 Å². The van der Waals surface area contributed by atoms with Crippen molar-refractivity contribution in [2.45, 2.75) is 38.3 Å². The Morgan fingerprint density at radius 1 is 1.10 bits per heavy atom. The fraction of sp³-hybridized carbons (Fsp3) is 0.333. The number of rotatable bonds is 5. The second-order valence-corrected chi connectivity index (χ2v) is 7.99. The Labute approximate surface area is 175 Å². The minimum atomic E-state index is -0.465. The Morgan fingerprint density at radius 3 is 2.60 bits per heavy atom. The molecule has 3 heterocycles. The molecule has 1 aromatic heterocycles. The van der Waals surface area contributed by atoms with Crippen molar-refractivity contribution in [3.63, 3.8) is 0 Å². The Balaban J connectivity index is 1.66. The number of H-pyrrole nitrogens is 1. The lowest BCUT2D eigenvalue weighted by Crippen LogP contribution is -2.44. The number of amides is 3. The number of carbonyl (C=O) groups excluding carboxylic acids is 2. The smallest absolute Gasteiger partial charge is 0.328 e. The molecule has 30 heavy (non-hydrogen) atoms. The maximum Gasteiger partial charge on any atom is 0.328 e. The molecule has 0 saturated carbocycles. The number of carbonyl (C=O) groups is 2. The summed E-state index contributed by atoms with van der Waals surface area (Å²) in [5.74, 6) is 0.680. The van der Waals surface area contributed by atoms with Crippen LogP contribution in [0.4, 0.5) is 4.79 Å². The summed E-state index contributed by atoms with van der Waals surface area (Å²) in [5.41, 5.74) is 4.12. The number of urea groups is 1. The van der Waals surface area contributed by atoms with Gasteiger partial charge in [-0.1, -0.05) is 43.7 Å². The van der Waals surface area contributed by atoms with Gasteiger partial charge < -0.3 is 9.72 Å². The molecule has 0 bridgehead atoms. The van der Waals surface area contributed by atoms with E-state index < -0.39 is 6.04 Å². The topological polar surface area (TPSA) is 65.6 Å². The van der Waals surface area contributed by atoms with E-state index in [1.54, 1.807) is 12.0 Å². The molecule has 2 unspecified atom stereocenters. The van der Waals surface area contributed by atoms with Crippen LogP contribution < -0.4 is 4.74 Å². The Bertz CT molecular complexity index is 1120. The van der Waals surface area contributed by atoms with Gasteiger partial charge in [-0.2, -0.15) is 0 Å². The summed E-state index contributed by atoms with van der Waals surface area (Å²) in [6, 6.07) is 14.9. The average Bonchev–Trinajstić information content (AvgIpc) is 3.26. The molecule has 5 rings (SSSR count). The molecule has 154 valence electrons. The van der Waals surface area contributed by atoms with Crippen LogP contribution in [0.2, 0.25) is 0 Å². The number of hydrogen-bond donors (Lipinski definition) is 1. The number of para-hydroxylation sites is 1. The van der Waals surface area contributed by atoms with Crippen molar-refractivity contribution in [2.75, 3.05) is 13.7 Å². The number of aromatic amines is 1. The van der Waals surface area contributed by atoms with Gasteiger partial charge >= 0.3 is 6.03 Å². The number of benzene rings is 2. The van der Waals surface area contributed by atoms with Gasteiger partial charge in [0, 0.05) is 29.6 Å². The van der Waals surface area contributed by atoms with E-state index in [1.807, 2.05) is 42.5 Å². The Kier molecular flexibility index (Phi) is 4.50. The van der Waals surface area contributed by atoms with Gasteiger partial charge in [-0.25, -0.2) is 4.79 Å². The lowest BCUT2D eigenvalue weighted by atomic mass is 9.89. The molecule has 0 spiro atoms. The van der Waals surface area contributed by atoms with Gasteiger partial charge in [-0.3, -0.25) is 14.6 Å². The van der Waals surface area contributed by atoms with Gasteiger partial charge in [0.25, 0.3) is 5.91 Å². The summed E-state index contributed by atoms with van der Waals surface area (Å²) in [4.78, 5) is 33.4. The summed E-state index contributed by atoms with van der Waals surface area (Å²) in [6.45, 7) is 2.54. The number of nitrogens with zero attached hydrogens (tertiary/aromatic N) is 2. The van der Waals surface area contributed by atoms with Crippen molar-refractivity contribution >= 4 is 22.8 Å². The van der Waals surface area contributed by atoms with Crippen LogP contribution in [0.5, 0.6) is 5.75 Å². The van der Waals surface area contributed by atoms with Gasteiger partial charge in [0.05, 0.1) is 7.11 Å². The van der Waals surface area contributed by atoms with Crippen LogP contribution >= 0.6 is 0 Å². The molecular weight excluding hydrogens is 378 g/mol. The molecule has 0 aliphatic carbocycles.